The van der Waals surface area contributed by atoms with Crippen molar-refractivity contribution in [2.24, 2.45) is 0 Å². The first-order valence-corrected chi connectivity index (χ1v) is 10.3. The molecule has 1 heterocycles. The van der Waals surface area contributed by atoms with E-state index in [1.807, 2.05) is 24.3 Å². The minimum Gasteiger partial charge on any atom is -0.447 e. The predicted molar refractivity (Wildman–Crippen MR) is 122 cm³/mol. The Kier molecular flexibility index (Phi) is 8.43. The highest BCUT2D eigenvalue weighted by Crippen LogP contribution is 2.16. The Balaban J connectivity index is 1.45. The van der Waals surface area contributed by atoms with Crippen LogP contribution in [0.5, 0.6) is 0 Å². The maximum atomic E-state index is 13.7. The summed E-state index contributed by atoms with van der Waals surface area (Å²) in [4.78, 5) is 28.5. The van der Waals surface area contributed by atoms with Crippen molar-refractivity contribution in [3.63, 3.8) is 0 Å². The quantitative estimate of drug-likeness (QED) is 0.404. The van der Waals surface area contributed by atoms with Crippen molar-refractivity contribution in [3.8, 4) is 0 Å². The number of hydrogen-bond donors (Lipinski definition) is 3. The number of fused-ring (bicyclic) bond motifs is 1. The van der Waals surface area contributed by atoms with E-state index in [2.05, 4.69) is 27.5 Å². The van der Waals surface area contributed by atoms with Crippen LogP contribution in [0.3, 0.4) is 0 Å². The standard InChI is InChI=1S/C24H24F2N4O3/c1-2-6-19(29-22(31)14-27-12-18-9-5-10-20(25)23(18)26)15-33-24(32)30-21-11-16-7-3-4-8-17(16)13-28-21/h2-5,7-11,13,19,27H,1,6,12,14-15H2,(H,29,31)(H,28,30,32)/t19-/m0/s1. The molecule has 3 aromatic rings. The van der Waals surface area contributed by atoms with Crippen molar-refractivity contribution in [2.45, 2.75) is 19.0 Å². The van der Waals surface area contributed by atoms with E-state index in [1.165, 1.54) is 12.1 Å². The fourth-order valence-electron chi connectivity index (χ4n) is 3.11. The van der Waals surface area contributed by atoms with Crippen molar-refractivity contribution >= 4 is 28.6 Å². The molecule has 3 N–H and O–H groups in total. The van der Waals surface area contributed by atoms with E-state index in [4.69, 9.17) is 4.74 Å². The number of benzene rings is 2. The van der Waals surface area contributed by atoms with Crippen LogP contribution < -0.4 is 16.0 Å². The molecule has 0 radical (unpaired) electrons. The van der Waals surface area contributed by atoms with Crippen molar-refractivity contribution < 1.29 is 23.1 Å². The Morgan fingerprint density at radius 3 is 2.70 bits per heavy atom. The number of carbonyl (C=O) groups excluding carboxylic acids is 2. The topological polar surface area (TPSA) is 92.3 Å². The molecule has 9 heteroatoms. The van der Waals surface area contributed by atoms with E-state index in [0.717, 1.165) is 16.8 Å². The summed E-state index contributed by atoms with van der Waals surface area (Å²) in [5.41, 5.74) is 0.118. The van der Waals surface area contributed by atoms with Gasteiger partial charge in [0.05, 0.1) is 12.6 Å². The van der Waals surface area contributed by atoms with Crippen LogP contribution in [0.1, 0.15) is 12.0 Å². The zero-order valence-corrected chi connectivity index (χ0v) is 17.8. The predicted octanol–water partition coefficient (Wildman–Crippen LogP) is 3.91. The number of anilines is 1. The summed E-state index contributed by atoms with van der Waals surface area (Å²) in [5, 5.41) is 9.89. The Morgan fingerprint density at radius 2 is 1.91 bits per heavy atom. The van der Waals surface area contributed by atoms with Gasteiger partial charge in [-0.1, -0.05) is 42.5 Å². The summed E-state index contributed by atoms with van der Waals surface area (Å²) in [6.07, 6.45) is 2.90. The zero-order valence-electron chi connectivity index (χ0n) is 17.8. The van der Waals surface area contributed by atoms with Crippen LogP contribution in [-0.2, 0) is 16.1 Å². The molecule has 0 fully saturated rings. The highest BCUT2D eigenvalue weighted by molar-refractivity contribution is 5.89. The van der Waals surface area contributed by atoms with E-state index in [9.17, 15) is 18.4 Å². The molecule has 0 bridgehead atoms. The summed E-state index contributed by atoms with van der Waals surface area (Å²) in [5.74, 6) is -1.94. The molecule has 7 nitrogen and oxygen atoms in total. The zero-order chi connectivity index (χ0) is 23.6. The van der Waals surface area contributed by atoms with Gasteiger partial charge in [-0.2, -0.15) is 0 Å². The first-order chi connectivity index (χ1) is 16.0. The van der Waals surface area contributed by atoms with Crippen LogP contribution in [0.25, 0.3) is 10.8 Å². The second-order valence-electron chi connectivity index (χ2n) is 7.25. The maximum Gasteiger partial charge on any atom is 0.412 e. The van der Waals surface area contributed by atoms with Gasteiger partial charge in [0.25, 0.3) is 0 Å². The molecule has 172 valence electrons. The average molecular weight is 454 g/mol. The van der Waals surface area contributed by atoms with Gasteiger partial charge in [-0.3, -0.25) is 10.1 Å². The number of nitrogens with one attached hydrogen (secondary N) is 3. The van der Waals surface area contributed by atoms with E-state index in [1.54, 1.807) is 18.3 Å². The first-order valence-electron chi connectivity index (χ1n) is 10.3. The Bertz CT molecular complexity index is 1140. The number of aromatic nitrogens is 1. The molecule has 0 saturated carbocycles. The Morgan fingerprint density at radius 1 is 1.12 bits per heavy atom. The van der Waals surface area contributed by atoms with Gasteiger partial charge in [0.15, 0.2) is 11.6 Å². The molecule has 0 saturated heterocycles. The van der Waals surface area contributed by atoms with Crippen molar-refractivity contribution in [3.05, 3.63) is 84.6 Å². The third kappa shape index (κ3) is 7.08. The normalized spacial score (nSPS) is 11.6. The molecule has 0 spiro atoms. The number of rotatable bonds is 10. The van der Waals surface area contributed by atoms with Crippen LogP contribution in [0.15, 0.2) is 67.4 Å². The van der Waals surface area contributed by atoms with Gasteiger partial charge in [0.1, 0.15) is 12.4 Å². The highest BCUT2D eigenvalue weighted by atomic mass is 19.2. The average Bonchev–Trinajstić information content (AvgIpc) is 2.80. The number of nitrogens with zero attached hydrogens (tertiary/aromatic N) is 1. The van der Waals surface area contributed by atoms with Crippen molar-refractivity contribution in [1.29, 1.82) is 0 Å². The number of halogens is 2. The molecular weight excluding hydrogens is 430 g/mol. The van der Waals surface area contributed by atoms with Gasteiger partial charge >= 0.3 is 6.09 Å². The number of ether oxygens (including phenoxy) is 1. The molecule has 0 unspecified atom stereocenters. The molecule has 0 aliphatic heterocycles. The van der Waals surface area contributed by atoms with Crippen LogP contribution >= 0.6 is 0 Å². The lowest BCUT2D eigenvalue weighted by atomic mass is 10.2. The molecule has 33 heavy (non-hydrogen) atoms. The minimum absolute atomic E-state index is 0.0131. The van der Waals surface area contributed by atoms with Gasteiger partial charge in [-0.25, -0.2) is 18.6 Å². The largest absolute Gasteiger partial charge is 0.447 e. The van der Waals surface area contributed by atoms with E-state index >= 15 is 0 Å². The summed E-state index contributed by atoms with van der Waals surface area (Å²) < 4.78 is 32.1. The van der Waals surface area contributed by atoms with Gasteiger partial charge in [0.2, 0.25) is 5.91 Å². The van der Waals surface area contributed by atoms with E-state index in [-0.39, 0.29) is 31.2 Å². The third-order valence-electron chi connectivity index (χ3n) is 4.73. The molecule has 3 rings (SSSR count). The fourth-order valence-corrected chi connectivity index (χ4v) is 3.11. The second kappa shape index (κ2) is 11.7. The lowest BCUT2D eigenvalue weighted by Crippen LogP contribution is -2.43. The van der Waals surface area contributed by atoms with E-state index in [0.29, 0.717) is 12.2 Å². The monoisotopic (exact) mass is 454 g/mol. The fraction of sp³-hybridized carbons (Fsp3) is 0.208. The molecule has 0 aliphatic carbocycles. The molecular formula is C24H24F2N4O3. The Labute approximate surface area is 189 Å². The third-order valence-corrected chi connectivity index (χ3v) is 4.73. The molecule has 0 aliphatic rings. The van der Waals surface area contributed by atoms with Crippen LogP contribution in [0.4, 0.5) is 19.4 Å². The lowest BCUT2D eigenvalue weighted by molar-refractivity contribution is -0.121. The second-order valence-corrected chi connectivity index (χ2v) is 7.25. The SMILES string of the molecule is C=CC[C@@H](COC(=O)Nc1cc2ccccc2cn1)NC(=O)CNCc1cccc(F)c1F. The summed E-state index contributed by atoms with van der Waals surface area (Å²) in [7, 11) is 0. The molecule has 1 aromatic heterocycles. The highest BCUT2D eigenvalue weighted by Gasteiger charge is 2.15. The molecule has 2 aromatic carbocycles. The number of hydrogen-bond acceptors (Lipinski definition) is 5. The summed E-state index contributed by atoms with van der Waals surface area (Å²) >= 11 is 0. The molecule has 2 amide bonds. The first kappa shape index (κ1) is 23.8. The van der Waals surface area contributed by atoms with Gasteiger partial charge in [-0.05, 0) is 23.9 Å². The van der Waals surface area contributed by atoms with Crippen LogP contribution in [0, 0.1) is 11.6 Å². The van der Waals surface area contributed by atoms with Gasteiger partial charge in [0, 0.05) is 23.7 Å². The Hall–Kier alpha value is -3.85. The number of pyridine rings is 1. The van der Waals surface area contributed by atoms with Crippen LogP contribution in [0.2, 0.25) is 0 Å². The minimum atomic E-state index is -0.949. The van der Waals surface area contributed by atoms with Crippen molar-refractivity contribution in [2.75, 3.05) is 18.5 Å². The summed E-state index contributed by atoms with van der Waals surface area (Å²) in [6.45, 7) is 3.41. The number of carbonyl (C=O) groups is 2. The van der Waals surface area contributed by atoms with Crippen molar-refractivity contribution in [1.82, 2.24) is 15.6 Å². The number of amides is 2. The smallest absolute Gasteiger partial charge is 0.412 e. The maximum absolute atomic E-state index is 13.7. The lowest BCUT2D eigenvalue weighted by Gasteiger charge is -2.18. The van der Waals surface area contributed by atoms with E-state index < -0.39 is 23.8 Å². The van der Waals surface area contributed by atoms with Gasteiger partial charge in [-0.15, -0.1) is 6.58 Å². The van der Waals surface area contributed by atoms with Crippen LogP contribution in [-0.4, -0.2) is 36.2 Å². The summed E-state index contributed by atoms with van der Waals surface area (Å²) in [6, 6.07) is 12.7. The molecule has 1 atom stereocenters. The van der Waals surface area contributed by atoms with Gasteiger partial charge < -0.3 is 15.4 Å².